The fourth-order valence-corrected chi connectivity index (χ4v) is 3.60. The molecule has 5 heterocycles. The molecule has 32 heavy (non-hydrogen) atoms. The molecule has 5 rings (SSSR count). The molecule has 0 radical (unpaired) electrons. The Labute approximate surface area is 199 Å². The zero-order valence-corrected chi connectivity index (χ0v) is 18.4. The first-order chi connectivity index (χ1) is 14.9. The van der Waals surface area contributed by atoms with Gasteiger partial charge in [0.2, 0.25) is 0 Å². The Morgan fingerprint density at radius 2 is 2.12 bits per heavy atom. The van der Waals surface area contributed by atoms with E-state index in [4.69, 9.17) is 0 Å². The molecule has 2 amide bonds. The average molecular weight is 429 g/mol. The number of aryl methyl sites for hydroxylation is 1. The third kappa shape index (κ3) is 5.29. The number of nitrogens with one attached hydrogen (secondary N) is 2. The third-order valence-corrected chi connectivity index (χ3v) is 5.32. The molecule has 3 aromatic rings. The molecule has 2 aliphatic heterocycles. The van der Waals surface area contributed by atoms with Gasteiger partial charge in [-0.2, -0.15) is 17.2 Å². The van der Waals surface area contributed by atoms with Gasteiger partial charge in [0.05, 0.1) is 11.9 Å². The van der Waals surface area contributed by atoms with E-state index in [2.05, 4.69) is 45.6 Å². The van der Waals surface area contributed by atoms with E-state index in [1.807, 2.05) is 13.0 Å². The van der Waals surface area contributed by atoms with E-state index in [1.54, 1.807) is 0 Å². The van der Waals surface area contributed by atoms with Crippen LogP contribution in [0.2, 0.25) is 0 Å². The van der Waals surface area contributed by atoms with E-state index in [0.29, 0.717) is 36.5 Å². The molecule has 0 bridgehead atoms. The van der Waals surface area contributed by atoms with Crippen molar-refractivity contribution in [2.45, 2.75) is 44.7 Å². The second kappa shape index (κ2) is 10.4. The van der Waals surface area contributed by atoms with Crippen LogP contribution in [0.5, 0.6) is 0 Å². The number of halogens is 1. The maximum absolute atomic E-state index is 14.1. The maximum Gasteiger partial charge on any atom is 1.00 e. The number of fused-ring (bicyclic) bond motifs is 2. The molecule has 10 heteroatoms. The number of amides is 2. The summed E-state index contributed by atoms with van der Waals surface area (Å²) in [7, 11) is 0. The molecule has 8 nitrogen and oxygen atoms in total. The SMILES string of the molecule is CCc1c[c-]c2c(n1)N(C(=O)Nc1cn3ncnc3cc1F)CC2.[CH2-]C1CCC([CH2-])N1.[Li+]. The summed E-state index contributed by atoms with van der Waals surface area (Å²) in [6, 6.07) is 6.73. The van der Waals surface area contributed by atoms with Crippen LogP contribution < -0.4 is 34.4 Å². The third-order valence-electron chi connectivity index (χ3n) is 5.32. The number of pyridine rings is 2. The summed E-state index contributed by atoms with van der Waals surface area (Å²) in [5.74, 6) is 0.0270. The summed E-state index contributed by atoms with van der Waals surface area (Å²) < 4.78 is 15.5. The Kier molecular flexibility index (Phi) is 7.88. The fourth-order valence-electron chi connectivity index (χ4n) is 3.60. The largest absolute Gasteiger partial charge is 1.00 e. The van der Waals surface area contributed by atoms with E-state index < -0.39 is 11.8 Å². The van der Waals surface area contributed by atoms with Gasteiger partial charge in [0, 0.05) is 18.4 Å². The first-order valence-electron chi connectivity index (χ1n) is 10.3. The summed E-state index contributed by atoms with van der Waals surface area (Å²) in [6.07, 6.45) is 6.54. The number of nitrogens with zero attached hydrogens (tertiary/aromatic N) is 5. The molecule has 2 aliphatic rings. The van der Waals surface area contributed by atoms with Crippen molar-refractivity contribution >= 4 is 23.2 Å². The van der Waals surface area contributed by atoms with Gasteiger partial charge >= 0.3 is 24.9 Å². The summed E-state index contributed by atoms with van der Waals surface area (Å²) in [4.78, 5) is 22.5. The van der Waals surface area contributed by atoms with E-state index in [9.17, 15) is 9.18 Å². The van der Waals surface area contributed by atoms with Crippen molar-refractivity contribution < 1.29 is 28.0 Å². The van der Waals surface area contributed by atoms with Crippen molar-refractivity contribution in [2.75, 3.05) is 16.8 Å². The smallest absolute Gasteiger partial charge is 0.370 e. The molecule has 3 aromatic heterocycles. The van der Waals surface area contributed by atoms with Crippen LogP contribution in [0.15, 0.2) is 24.7 Å². The van der Waals surface area contributed by atoms with E-state index >= 15 is 0 Å². The molecule has 2 atom stereocenters. The van der Waals surface area contributed by atoms with Crippen LogP contribution >= 0.6 is 0 Å². The Morgan fingerprint density at radius 3 is 2.78 bits per heavy atom. The van der Waals surface area contributed by atoms with Crippen molar-refractivity contribution in [1.82, 2.24) is 24.9 Å². The Morgan fingerprint density at radius 1 is 1.38 bits per heavy atom. The van der Waals surface area contributed by atoms with Crippen LogP contribution in [0.4, 0.5) is 20.7 Å². The summed E-state index contributed by atoms with van der Waals surface area (Å²) in [5.41, 5.74) is 2.18. The van der Waals surface area contributed by atoms with Crippen LogP contribution in [0.25, 0.3) is 5.65 Å². The number of aromatic nitrogens is 4. The first kappa shape index (κ1) is 24.2. The molecule has 2 unspecified atom stereocenters. The van der Waals surface area contributed by atoms with Gasteiger partial charge in [0.15, 0.2) is 11.5 Å². The molecular weight excluding hydrogens is 404 g/mol. The monoisotopic (exact) mass is 429 g/mol. The van der Waals surface area contributed by atoms with Crippen LogP contribution in [0.3, 0.4) is 0 Å². The molecule has 164 valence electrons. The van der Waals surface area contributed by atoms with Gasteiger partial charge in [-0.05, 0) is 6.42 Å². The normalized spacial score (nSPS) is 19.2. The van der Waals surface area contributed by atoms with Gasteiger partial charge in [-0.25, -0.2) is 18.7 Å². The molecular formula is C22H25FLiN7O-2. The second-order valence-electron chi connectivity index (χ2n) is 7.62. The van der Waals surface area contributed by atoms with E-state index in [-0.39, 0.29) is 24.5 Å². The van der Waals surface area contributed by atoms with Gasteiger partial charge in [-0.1, -0.05) is 31.9 Å². The van der Waals surface area contributed by atoms with Crippen LogP contribution in [0, 0.1) is 25.7 Å². The van der Waals surface area contributed by atoms with Crippen LogP contribution in [0.1, 0.15) is 31.0 Å². The number of hydrogen-bond acceptors (Lipinski definition) is 5. The Bertz CT molecular complexity index is 1080. The minimum Gasteiger partial charge on any atom is -0.370 e. The molecule has 1 saturated heterocycles. The van der Waals surface area contributed by atoms with Crippen molar-refractivity contribution in [3.63, 3.8) is 0 Å². The first-order valence-corrected chi connectivity index (χ1v) is 10.3. The van der Waals surface area contributed by atoms with Gasteiger partial charge in [0.25, 0.3) is 0 Å². The molecule has 0 spiro atoms. The van der Waals surface area contributed by atoms with Gasteiger partial charge in [0.1, 0.15) is 6.33 Å². The predicted molar refractivity (Wildman–Crippen MR) is 116 cm³/mol. The number of urea groups is 1. The van der Waals surface area contributed by atoms with E-state index in [0.717, 1.165) is 17.7 Å². The van der Waals surface area contributed by atoms with Crippen LogP contribution in [-0.4, -0.2) is 44.2 Å². The van der Waals surface area contributed by atoms with Crippen molar-refractivity contribution in [3.05, 3.63) is 61.6 Å². The summed E-state index contributed by atoms with van der Waals surface area (Å²) >= 11 is 0. The van der Waals surface area contributed by atoms with Crippen molar-refractivity contribution in [2.24, 2.45) is 0 Å². The number of anilines is 2. The quantitative estimate of drug-likeness (QED) is 0.443. The van der Waals surface area contributed by atoms with Crippen molar-refractivity contribution in [1.29, 1.82) is 0 Å². The number of hydrogen-bond donors (Lipinski definition) is 2. The van der Waals surface area contributed by atoms with Gasteiger partial charge in [-0.15, -0.1) is 17.6 Å². The van der Waals surface area contributed by atoms with Gasteiger partial charge < -0.3 is 34.4 Å². The maximum atomic E-state index is 14.1. The molecule has 0 saturated carbocycles. The summed E-state index contributed by atoms with van der Waals surface area (Å²) in [6.45, 7) is 10.2. The molecule has 2 N–H and O–H groups in total. The minimum atomic E-state index is -0.565. The molecule has 1 fully saturated rings. The molecule has 0 aliphatic carbocycles. The van der Waals surface area contributed by atoms with Crippen molar-refractivity contribution in [3.8, 4) is 0 Å². The number of carbonyl (C=O) groups excluding carboxylic acids is 1. The van der Waals surface area contributed by atoms with Gasteiger partial charge in [-0.3, -0.25) is 0 Å². The summed E-state index contributed by atoms with van der Waals surface area (Å²) in [5, 5.41) is 9.72. The zero-order chi connectivity index (χ0) is 22.0. The standard InChI is InChI=1S/C16H14FN6O.C6H11N.Li/c1-2-11-4-3-10-5-6-22(15(10)20-11)16(24)21-13-8-23-14(7-12(13)17)18-9-19-23;1-5-3-4-6(2)7-5;/h4,7-9H,2,5-6H2,1H3,(H,21,24);5-7H,1-4H2;/q-1;-2;+1. The Balaban J connectivity index is 0.000000311. The predicted octanol–water partition coefficient (Wildman–Crippen LogP) is -0.000230. The fraction of sp³-hybridized carbons (Fsp3) is 0.364. The average Bonchev–Trinajstić information content (AvgIpc) is 3.47. The Hall–Kier alpha value is -2.47. The van der Waals surface area contributed by atoms with Crippen LogP contribution in [-0.2, 0) is 12.8 Å². The van der Waals surface area contributed by atoms with E-state index in [1.165, 1.54) is 40.8 Å². The topological polar surface area (TPSA) is 87.5 Å². The second-order valence-corrected chi connectivity index (χ2v) is 7.62. The molecule has 0 aromatic carbocycles. The minimum absolute atomic E-state index is 0. The zero-order valence-electron chi connectivity index (χ0n) is 18.4. The number of rotatable bonds is 2. The number of carbonyl (C=O) groups is 1.